The number of hydrogen-bond acceptors (Lipinski definition) is 7. The van der Waals surface area contributed by atoms with E-state index in [-0.39, 0.29) is 5.69 Å². The van der Waals surface area contributed by atoms with E-state index in [1.165, 1.54) is 0 Å². The number of rotatable bonds is 6. The molecule has 0 aliphatic heterocycles. The van der Waals surface area contributed by atoms with Crippen LogP contribution in [0.2, 0.25) is 0 Å². The van der Waals surface area contributed by atoms with Gasteiger partial charge in [0.05, 0.1) is 4.92 Å². The number of aryl methyl sites for hydroxylation is 3. The molecule has 0 amide bonds. The van der Waals surface area contributed by atoms with Gasteiger partial charge in [-0.2, -0.15) is 5.10 Å². The van der Waals surface area contributed by atoms with Crippen LogP contribution in [-0.2, 0) is 13.0 Å². The third-order valence-electron chi connectivity index (χ3n) is 2.63. The second-order valence-corrected chi connectivity index (χ2v) is 5.07. The molecule has 2 aromatic heterocycles. The molecule has 0 N–H and O–H groups in total. The molecule has 0 aliphatic rings. The molecular weight excluding hydrogens is 282 g/mol. The first-order valence-electron chi connectivity index (χ1n) is 6.28. The van der Waals surface area contributed by atoms with E-state index >= 15 is 0 Å². The zero-order valence-corrected chi connectivity index (χ0v) is 12.3. The highest BCUT2D eigenvalue weighted by Gasteiger charge is 2.27. The first-order chi connectivity index (χ1) is 9.56. The predicted octanol–water partition coefficient (Wildman–Crippen LogP) is 2.61. The molecule has 0 aromatic carbocycles. The van der Waals surface area contributed by atoms with Crippen molar-refractivity contribution in [1.29, 1.82) is 0 Å². The number of hydrogen-bond donors (Lipinski definition) is 0. The summed E-state index contributed by atoms with van der Waals surface area (Å²) < 4.78 is 7.02. The van der Waals surface area contributed by atoms with Crippen LogP contribution in [0, 0.1) is 17.0 Å². The van der Waals surface area contributed by atoms with Gasteiger partial charge >= 0.3 is 5.69 Å². The summed E-state index contributed by atoms with van der Waals surface area (Å²) in [4.78, 5) is 10.7. The molecule has 0 unspecified atom stereocenters. The smallest absolute Gasteiger partial charge is 0.324 e. The van der Waals surface area contributed by atoms with Crippen LogP contribution in [0.1, 0.15) is 31.9 Å². The van der Waals surface area contributed by atoms with Crippen LogP contribution in [0.5, 0.6) is 0 Å². The summed E-state index contributed by atoms with van der Waals surface area (Å²) in [5.41, 5.74) is 0.375. The minimum absolute atomic E-state index is 0.00732. The zero-order chi connectivity index (χ0) is 14.7. The van der Waals surface area contributed by atoms with Crippen LogP contribution in [0.15, 0.2) is 14.7 Å². The van der Waals surface area contributed by atoms with Crippen molar-refractivity contribution in [2.75, 3.05) is 0 Å². The van der Waals surface area contributed by atoms with Crippen LogP contribution < -0.4 is 0 Å². The van der Waals surface area contributed by atoms with E-state index < -0.39 is 4.92 Å². The Bertz CT molecular complexity index is 622. The molecule has 0 atom stereocenters. The Balaban J connectivity index is 2.33. The molecule has 0 bridgehead atoms. The SMILES string of the molecule is CCCc1nnc(Sc2c([N+](=O)[O-])c(C)nn2CC)o1. The Kier molecular flexibility index (Phi) is 4.38. The average Bonchev–Trinajstić information content (AvgIpc) is 2.95. The van der Waals surface area contributed by atoms with E-state index in [1.54, 1.807) is 11.6 Å². The lowest BCUT2D eigenvalue weighted by Crippen LogP contribution is -1.99. The van der Waals surface area contributed by atoms with E-state index in [0.29, 0.717) is 34.8 Å². The highest BCUT2D eigenvalue weighted by atomic mass is 32.2. The summed E-state index contributed by atoms with van der Waals surface area (Å²) >= 11 is 1.08. The van der Waals surface area contributed by atoms with Crippen molar-refractivity contribution in [1.82, 2.24) is 20.0 Å². The van der Waals surface area contributed by atoms with E-state index in [2.05, 4.69) is 15.3 Å². The number of nitro groups is 1. The van der Waals surface area contributed by atoms with Crippen molar-refractivity contribution in [3.8, 4) is 0 Å². The van der Waals surface area contributed by atoms with Gasteiger partial charge in [0.15, 0.2) is 5.03 Å². The monoisotopic (exact) mass is 297 g/mol. The van der Waals surface area contributed by atoms with Gasteiger partial charge in [0.25, 0.3) is 5.22 Å². The zero-order valence-electron chi connectivity index (χ0n) is 11.5. The van der Waals surface area contributed by atoms with Crippen molar-refractivity contribution in [3.63, 3.8) is 0 Å². The standard InChI is InChI=1S/C11H15N5O3S/c1-4-6-8-12-13-11(19-8)20-10-9(16(17)18)7(3)14-15(10)5-2/h4-6H2,1-3H3. The Morgan fingerprint density at radius 2 is 2.15 bits per heavy atom. The minimum atomic E-state index is -0.430. The maximum absolute atomic E-state index is 11.1. The Morgan fingerprint density at radius 1 is 1.40 bits per heavy atom. The highest BCUT2D eigenvalue weighted by molar-refractivity contribution is 7.99. The Hall–Kier alpha value is -1.90. The van der Waals surface area contributed by atoms with Gasteiger partial charge in [0.2, 0.25) is 5.89 Å². The fourth-order valence-corrected chi connectivity index (χ4v) is 2.73. The minimum Gasteiger partial charge on any atom is -0.416 e. The molecule has 0 aliphatic carbocycles. The molecule has 108 valence electrons. The quantitative estimate of drug-likeness (QED) is 0.596. The molecule has 20 heavy (non-hydrogen) atoms. The van der Waals surface area contributed by atoms with Crippen LogP contribution in [0.3, 0.4) is 0 Å². The summed E-state index contributed by atoms with van der Waals surface area (Å²) in [6.45, 7) is 6.03. The fourth-order valence-electron chi connectivity index (χ4n) is 1.75. The lowest BCUT2D eigenvalue weighted by atomic mass is 10.3. The van der Waals surface area contributed by atoms with E-state index in [0.717, 1.165) is 18.2 Å². The van der Waals surface area contributed by atoms with E-state index in [1.807, 2.05) is 13.8 Å². The van der Waals surface area contributed by atoms with E-state index in [4.69, 9.17) is 4.42 Å². The molecule has 2 heterocycles. The number of nitrogens with zero attached hydrogens (tertiary/aromatic N) is 5. The lowest BCUT2D eigenvalue weighted by molar-refractivity contribution is -0.388. The summed E-state index contributed by atoms with van der Waals surface area (Å²) in [6, 6.07) is 0. The van der Waals surface area contributed by atoms with Gasteiger partial charge in [-0.15, -0.1) is 10.2 Å². The van der Waals surface area contributed by atoms with E-state index in [9.17, 15) is 10.1 Å². The molecule has 0 saturated carbocycles. The summed E-state index contributed by atoms with van der Waals surface area (Å²) in [7, 11) is 0. The maximum atomic E-state index is 11.1. The van der Waals surface area contributed by atoms with Crippen LogP contribution in [0.25, 0.3) is 0 Å². The Morgan fingerprint density at radius 3 is 2.75 bits per heavy atom. The molecule has 0 spiro atoms. The molecule has 0 saturated heterocycles. The largest absolute Gasteiger partial charge is 0.416 e. The molecular formula is C11H15N5O3S. The summed E-state index contributed by atoms with van der Waals surface area (Å²) in [5.74, 6) is 0.539. The van der Waals surface area contributed by atoms with Gasteiger partial charge in [0, 0.05) is 13.0 Å². The topological polar surface area (TPSA) is 99.9 Å². The first kappa shape index (κ1) is 14.5. The van der Waals surface area contributed by atoms with Crippen LogP contribution in [0.4, 0.5) is 5.69 Å². The molecule has 0 radical (unpaired) electrons. The Labute approximate surface area is 119 Å². The fraction of sp³-hybridized carbons (Fsp3) is 0.545. The summed E-state index contributed by atoms with van der Waals surface area (Å²) in [5, 5.41) is 23.8. The number of aromatic nitrogens is 4. The van der Waals surface area contributed by atoms with Gasteiger partial charge in [-0.1, -0.05) is 6.92 Å². The molecule has 9 heteroatoms. The molecule has 2 aromatic rings. The third kappa shape index (κ3) is 2.82. The molecule has 0 fully saturated rings. The van der Waals surface area contributed by atoms with Crippen molar-refractivity contribution < 1.29 is 9.34 Å². The summed E-state index contributed by atoms with van der Waals surface area (Å²) in [6.07, 6.45) is 1.60. The van der Waals surface area contributed by atoms with Gasteiger partial charge < -0.3 is 4.42 Å². The van der Waals surface area contributed by atoms with Gasteiger partial charge in [-0.25, -0.2) is 0 Å². The third-order valence-corrected chi connectivity index (χ3v) is 3.57. The normalized spacial score (nSPS) is 10.9. The van der Waals surface area contributed by atoms with Gasteiger partial charge in [0.1, 0.15) is 5.69 Å². The van der Waals surface area contributed by atoms with Crippen LogP contribution in [-0.4, -0.2) is 24.9 Å². The van der Waals surface area contributed by atoms with Crippen molar-refractivity contribution in [2.24, 2.45) is 0 Å². The van der Waals surface area contributed by atoms with Crippen molar-refractivity contribution in [3.05, 3.63) is 21.7 Å². The van der Waals surface area contributed by atoms with Crippen molar-refractivity contribution in [2.45, 2.75) is 50.4 Å². The maximum Gasteiger partial charge on any atom is 0.324 e. The second kappa shape index (κ2) is 6.04. The molecule has 2 rings (SSSR count). The second-order valence-electron chi connectivity index (χ2n) is 4.13. The van der Waals surface area contributed by atoms with Crippen molar-refractivity contribution >= 4 is 17.4 Å². The van der Waals surface area contributed by atoms with Crippen LogP contribution >= 0.6 is 11.8 Å². The highest BCUT2D eigenvalue weighted by Crippen LogP contribution is 2.36. The molecule has 8 nitrogen and oxygen atoms in total. The van der Waals surface area contributed by atoms with Gasteiger partial charge in [-0.3, -0.25) is 14.8 Å². The predicted molar refractivity (Wildman–Crippen MR) is 71.7 cm³/mol. The average molecular weight is 297 g/mol. The first-order valence-corrected chi connectivity index (χ1v) is 7.10. The lowest BCUT2D eigenvalue weighted by Gasteiger charge is -1.99. The van der Waals surface area contributed by atoms with Gasteiger partial charge in [-0.05, 0) is 32.0 Å².